The van der Waals surface area contributed by atoms with Crippen LogP contribution in [0, 0.1) is 23.2 Å². The fraction of sp³-hybridized carbons (Fsp3) is 0.833. The van der Waals surface area contributed by atoms with Crippen LogP contribution in [0.4, 0.5) is 8.78 Å². The first-order valence-electron chi connectivity index (χ1n) is 3.03. The normalized spacial score (nSPS) is 21.8. The second-order valence-corrected chi connectivity index (χ2v) is 2.51. The van der Waals surface area contributed by atoms with Crippen molar-refractivity contribution in [3.63, 3.8) is 0 Å². The van der Waals surface area contributed by atoms with E-state index in [0.717, 1.165) is 0 Å². The molecule has 0 aromatic rings. The first-order valence-corrected chi connectivity index (χ1v) is 3.03. The summed E-state index contributed by atoms with van der Waals surface area (Å²) in [7, 11) is 0. The van der Waals surface area contributed by atoms with E-state index in [0.29, 0.717) is 12.8 Å². The van der Waals surface area contributed by atoms with E-state index in [1.807, 2.05) is 0 Å². The molecule has 1 aliphatic rings. The lowest BCUT2D eigenvalue weighted by molar-refractivity contribution is -0.268. The largest absolute Gasteiger partial charge is 0.397 e. The average molecular weight is 146 g/mol. The third-order valence-corrected chi connectivity index (χ3v) is 1.59. The number of nitrogens with zero attached hydrogens (tertiary/aromatic N) is 1. The fourth-order valence-electron chi connectivity index (χ4n) is 0.885. The summed E-state index contributed by atoms with van der Waals surface area (Å²) >= 11 is 0. The van der Waals surface area contributed by atoms with E-state index in [-0.39, 0.29) is 5.92 Å². The summed E-state index contributed by atoms with van der Waals surface area (Å²) in [6, 6.07) is 1.34. The molecule has 0 saturated heterocycles. The third-order valence-electron chi connectivity index (χ3n) is 1.59. The van der Waals surface area contributed by atoms with Crippen LogP contribution in [0.1, 0.15) is 12.8 Å². The van der Waals surface area contributed by atoms with E-state index >= 15 is 0 Å². The summed E-state index contributed by atoms with van der Waals surface area (Å²) in [5.74, 6) is -1.95. The van der Waals surface area contributed by atoms with Crippen molar-refractivity contribution >= 4 is 0 Å². The van der Waals surface area contributed by atoms with Crippen molar-refractivity contribution in [1.29, 1.82) is 5.26 Å². The zero-order valence-corrected chi connectivity index (χ0v) is 5.18. The fourth-order valence-corrected chi connectivity index (χ4v) is 0.885. The second-order valence-electron chi connectivity index (χ2n) is 2.51. The van der Waals surface area contributed by atoms with E-state index in [1.165, 1.54) is 6.07 Å². The van der Waals surface area contributed by atoms with Crippen molar-refractivity contribution in [2.75, 3.05) is 0 Å². The Morgan fingerprint density at radius 1 is 1.60 bits per heavy atom. The highest BCUT2D eigenvalue weighted by Crippen LogP contribution is 2.43. The van der Waals surface area contributed by atoms with E-state index in [9.17, 15) is 13.9 Å². The Labute approximate surface area is 57.1 Å². The summed E-state index contributed by atoms with van der Waals surface area (Å²) in [6.45, 7) is 0. The van der Waals surface area contributed by atoms with Crippen LogP contribution in [0.25, 0.3) is 0 Å². The van der Waals surface area contributed by atoms with Gasteiger partial charge < -0.3 is 0 Å². The van der Waals surface area contributed by atoms with Crippen molar-refractivity contribution in [2.45, 2.75) is 19.0 Å². The number of hydrogen-bond donors (Lipinski definition) is 0. The quantitative estimate of drug-likeness (QED) is 0.582. The molecule has 0 bridgehead atoms. The molecule has 0 aliphatic heterocycles. The van der Waals surface area contributed by atoms with Crippen molar-refractivity contribution in [3.8, 4) is 6.07 Å². The molecule has 0 spiro atoms. The first-order chi connectivity index (χ1) is 4.55. The van der Waals surface area contributed by atoms with Gasteiger partial charge >= 0.3 is 6.11 Å². The molecule has 10 heavy (non-hydrogen) atoms. The smallest absolute Gasteiger partial charge is 0.198 e. The minimum Gasteiger partial charge on any atom is -0.198 e. The summed E-state index contributed by atoms with van der Waals surface area (Å²) in [5, 5.41) is 18.1. The van der Waals surface area contributed by atoms with Crippen LogP contribution in [-0.2, 0) is 5.11 Å². The topological polar surface area (TPSA) is 43.7 Å². The van der Waals surface area contributed by atoms with Crippen LogP contribution in [0.3, 0.4) is 0 Å². The lowest BCUT2D eigenvalue weighted by atomic mass is 10.1. The maximum Gasteiger partial charge on any atom is 0.397 e. The van der Waals surface area contributed by atoms with E-state index in [2.05, 4.69) is 0 Å². The number of halogens is 2. The van der Waals surface area contributed by atoms with Crippen LogP contribution in [0.2, 0.25) is 0 Å². The van der Waals surface area contributed by atoms with Crippen molar-refractivity contribution in [1.82, 2.24) is 0 Å². The molecule has 1 saturated carbocycles. The standard InChI is InChI=1S/C6H6F2NO/c7-6(8,10)5(3-9)4-1-2-4/h4-5H,1-2H2. The Kier molecular flexibility index (Phi) is 1.61. The summed E-state index contributed by atoms with van der Waals surface area (Å²) in [4.78, 5) is 0. The highest BCUT2D eigenvalue weighted by atomic mass is 19.3. The van der Waals surface area contributed by atoms with Crippen LogP contribution < -0.4 is 0 Å². The zero-order chi connectivity index (χ0) is 7.78. The minimum atomic E-state index is -4.06. The molecule has 1 unspecified atom stereocenters. The van der Waals surface area contributed by atoms with Crippen LogP contribution >= 0.6 is 0 Å². The Morgan fingerprint density at radius 3 is 2.20 bits per heavy atom. The SMILES string of the molecule is N#CC(C1CC1)C([O])(F)F. The van der Waals surface area contributed by atoms with Gasteiger partial charge in [0.2, 0.25) is 0 Å². The predicted octanol–water partition coefficient (Wildman–Crippen LogP) is 1.56. The van der Waals surface area contributed by atoms with Gasteiger partial charge in [0.25, 0.3) is 0 Å². The van der Waals surface area contributed by atoms with Gasteiger partial charge in [0.1, 0.15) is 5.92 Å². The number of alkyl halides is 2. The van der Waals surface area contributed by atoms with Crippen molar-refractivity contribution < 1.29 is 13.9 Å². The molecule has 55 valence electrons. The Balaban J connectivity index is 2.57. The van der Waals surface area contributed by atoms with Gasteiger partial charge in [-0.2, -0.15) is 19.1 Å². The van der Waals surface area contributed by atoms with Gasteiger partial charge in [-0.15, -0.1) is 0 Å². The molecular formula is C6H6F2NO. The van der Waals surface area contributed by atoms with Gasteiger partial charge in [-0.05, 0) is 18.8 Å². The number of nitriles is 1. The molecule has 1 atom stereocenters. The molecule has 0 N–H and O–H groups in total. The Morgan fingerprint density at radius 2 is 2.10 bits per heavy atom. The minimum absolute atomic E-state index is 0.350. The Bertz CT molecular complexity index is 166. The number of rotatable bonds is 2. The van der Waals surface area contributed by atoms with Crippen LogP contribution in [-0.4, -0.2) is 6.11 Å². The lowest BCUT2D eigenvalue weighted by Gasteiger charge is -2.10. The van der Waals surface area contributed by atoms with E-state index in [1.54, 1.807) is 0 Å². The van der Waals surface area contributed by atoms with Gasteiger partial charge in [-0.25, -0.2) is 0 Å². The zero-order valence-electron chi connectivity index (χ0n) is 5.18. The van der Waals surface area contributed by atoms with E-state index in [4.69, 9.17) is 5.26 Å². The molecular weight excluding hydrogens is 140 g/mol. The molecule has 4 heteroatoms. The molecule has 1 aliphatic carbocycles. The van der Waals surface area contributed by atoms with E-state index < -0.39 is 12.0 Å². The average Bonchev–Trinajstić information content (AvgIpc) is 2.46. The van der Waals surface area contributed by atoms with Crippen molar-refractivity contribution in [2.24, 2.45) is 11.8 Å². The maximum absolute atomic E-state index is 11.9. The third kappa shape index (κ3) is 1.42. The highest BCUT2D eigenvalue weighted by Gasteiger charge is 2.48. The molecule has 1 radical (unpaired) electrons. The molecule has 0 heterocycles. The molecule has 0 amide bonds. The van der Waals surface area contributed by atoms with Crippen molar-refractivity contribution in [3.05, 3.63) is 0 Å². The Hall–Kier alpha value is -0.690. The summed E-state index contributed by atoms with van der Waals surface area (Å²) in [5.41, 5.74) is 0. The molecule has 2 nitrogen and oxygen atoms in total. The van der Waals surface area contributed by atoms with Crippen LogP contribution in [0.5, 0.6) is 0 Å². The van der Waals surface area contributed by atoms with Gasteiger partial charge in [0.05, 0.1) is 6.07 Å². The predicted molar refractivity (Wildman–Crippen MR) is 27.5 cm³/mol. The molecule has 0 aromatic carbocycles. The van der Waals surface area contributed by atoms with Gasteiger partial charge in [0.15, 0.2) is 0 Å². The maximum atomic E-state index is 11.9. The van der Waals surface area contributed by atoms with Crippen LogP contribution in [0.15, 0.2) is 0 Å². The summed E-state index contributed by atoms with van der Waals surface area (Å²) in [6.07, 6.45) is -2.87. The molecule has 1 rings (SSSR count). The second kappa shape index (κ2) is 2.17. The molecule has 0 aromatic heterocycles. The number of hydrogen-bond acceptors (Lipinski definition) is 1. The lowest BCUT2D eigenvalue weighted by Crippen LogP contribution is -2.26. The first kappa shape index (κ1) is 7.42. The highest BCUT2D eigenvalue weighted by molar-refractivity contribution is 4.98. The van der Waals surface area contributed by atoms with Gasteiger partial charge in [0, 0.05) is 0 Å². The summed E-state index contributed by atoms with van der Waals surface area (Å²) < 4.78 is 23.8. The monoisotopic (exact) mass is 146 g/mol. The van der Waals surface area contributed by atoms with Gasteiger partial charge in [-0.1, -0.05) is 0 Å². The molecule has 1 fully saturated rings. The van der Waals surface area contributed by atoms with Gasteiger partial charge in [-0.3, -0.25) is 0 Å².